The predicted molar refractivity (Wildman–Crippen MR) is 70.5 cm³/mol. The zero-order valence-electron chi connectivity index (χ0n) is 11.5. The molecule has 2 saturated heterocycles. The molecule has 0 bridgehead atoms. The molecule has 3 heteroatoms. The van der Waals surface area contributed by atoms with Crippen molar-refractivity contribution in [1.29, 1.82) is 0 Å². The van der Waals surface area contributed by atoms with Crippen molar-refractivity contribution < 1.29 is 9.53 Å². The van der Waals surface area contributed by atoms with Crippen LogP contribution in [-0.2, 0) is 9.53 Å². The molecule has 1 spiro atoms. The highest BCUT2D eigenvalue weighted by Gasteiger charge is 2.49. The lowest BCUT2D eigenvalue weighted by Crippen LogP contribution is -2.54. The molecule has 18 heavy (non-hydrogen) atoms. The first-order valence-corrected chi connectivity index (χ1v) is 7.63. The van der Waals surface area contributed by atoms with Gasteiger partial charge in [-0.1, -0.05) is 6.92 Å². The van der Waals surface area contributed by atoms with Crippen molar-refractivity contribution in [3.63, 3.8) is 0 Å². The molecule has 0 radical (unpaired) electrons. The lowest BCUT2D eigenvalue weighted by atomic mass is 9.68. The summed E-state index contributed by atoms with van der Waals surface area (Å²) >= 11 is 0. The highest BCUT2D eigenvalue weighted by atomic mass is 16.5. The second kappa shape index (κ2) is 4.61. The first-order chi connectivity index (χ1) is 8.70. The van der Waals surface area contributed by atoms with Gasteiger partial charge in [0, 0.05) is 12.5 Å². The Balaban J connectivity index is 1.71. The van der Waals surface area contributed by atoms with E-state index >= 15 is 0 Å². The van der Waals surface area contributed by atoms with Crippen molar-refractivity contribution in [2.75, 3.05) is 13.2 Å². The van der Waals surface area contributed by atoms with Gasteiger partial charge in [-0.15, -0.1) is 0 Å². The van der Waals surface area contributed by atoms with Crippen molar-refractivity contribution in [3.8, 4) is 0 Å². The van der Waals surface area contributed by atoms with Crippen LogP contribution in [0.4, 0.5) is 0 Å². The Kier molecular flexibility index (Phi) is 3.23. The molecule has 1 aliphatic carbocycles. The quantitative estimate of drug-likeness (QED) is 0.837. The van der Waals surface area contributed by atoms with Gasteiger partial charge in [0.05, 0.1) is 11.1 Å². The van der Waals surface area contributed by atoms with E-state index < -0.39 is 0 Å². The third kappa shape index (κ3) is 1.92. The van der Waals surface area contributed by atoms with Crippen LogP contribution < -0.4 is 5.32 Å². The van der Waals surface area contributed by atoms with Crippen LogP contribution >= 0.6 is 0 Å². The third-order valence-electron chi connectivity index (χ3n) is 5.45. The second-order valence-electron chi connectivity index (χ2n) is 6.40. The average Bonchev–Trinajstić information content (AvgIpc) is 2.86. The topological polar surface area (TPSA) is 38.3 Å². The molecule has 3 fully saturated rings. The molecule has 102 valence electrons. The Morgan fingerprint density at radius 3 is 2.72 bits per heavy atom. The molecule has 1 N–H and O–H groups in total. The van der Waals surface area contributed by atoms with Crippen LogP contribution in [0.3, 0.4) is 0 Å². The van der Waals surface area contributed by atoms with Gasteiger partial charge < -0.3 is 10.1 Å². The zero-order valence-corrected chi connectivity index (χ0v) is 11.5. The Morgan fingerprint density at radius 2 is 2.17 bits per heavy atom. The predicted octanol–water partition coefficient (Wildman–Crippen LogP) is 2.44. The Labute approximate surface area is 110 Å². The Hall–Kier alpha value is -0.410. The van der Waals surface area contributed by atoms with E-state index in [2.05, 4.69) is 12.2 Å². The molecule has 0 amide bonds. The Morgan fingerprint density at radius 1 is 1.33 bits per heavy atom. The summed E-state index contributed by atoms with van der Waals surface area (Å²) in [6.07, 6.45) is 8.65. The highest BCUT2D eigenvalue weighted by molar-refractivity contribution is 5.91. The molecule has 0 aromatic rings. The van der Waals surface area contributed by atoms with Gasteiger partial charge >= 0.3 is 0 Å². The first kappa shape index (κ1) is 12.6. The molecule has 3 rings (SSSR count). The second-order valence-corrected chi connectivity index (χ2v) is 6.40. The van der Waals surface area contributed by atoms with E-state index in [0.717, 1.165) is 45.3 Å². The van der Waals surface area contributed by atoms with E-state index in [0.29, 0.717) is 5.78 Å². The maximum atomic E-state index is 12.9. The normalized spacial score (nSPS) is 38.6. The summed E-state index contributed by atoms with van der Waals surface area (Å²) in [6, 6.07) is 0. The van der Waals surface area contributed by atoms with Crippen molar-refractivity contribution in [2.24, 2.45) is 5.92 Å². The monoisotopic (exact) mass is 251 g/mol. The Bertz CT molecular complexity index is 329. The summed E-state index contributed by atoms with van der Waals surface area (Å²) in [5.74, 6) is 0.724. The molecule has 3 aliphatic rings. The van der Waals surface area contributed by atoms with Gasteiger partial charge in [-0.05, 0) is 57.9 Å². The summed E-state index contributed by atoms with van der Waals surface area (Å²) < 4.78 is 5.94. The fourth-order valence-electron chi connectivity index (χ4n) is 4.05. The van der Waals surface area contributed by atoms with Gasteiger partial charge in [-0.3, -0.25) is 4.79 Å². The molecule has 1 saturated carbocycles. The summed E-state index contributed by atoms with van der Waals surface area (Å²) in [5.41, 5.74) is -0.112. The van der Waals surface area contributed by atoms with E-state index in [1.807, 2.05) is 0 Å². The zero-order chi connectivity index (χ0) is 12.6. The molecular formula is C15H25NO2. The highest BCUT2D eigenvalue weighted by Crippen LogP contribution is 2.45. The number of carbonyl (C=O) groups is 1. The van der Waals surface area contributed by atoms with Crippen LogP contribution in [-0.4, -0.2) is 30.1 Å². The summed E-state index contributed by atoms with van der Waals surface area (Å²) in [5, 5.41) is 3.49. The number of ether oxygens (including phenoxy) is 1. The summed E-state index contributed by atoms with van der Waals surface area (Å²) in [4.78, 5) is 12.9. The van der Waals surface area contributed by atoms with E-state index in [-0.39, 0.29) is 17.1 Å². The van der Waals surface area contributed by atoms with E-state index in [4.69, 9.17) is 4.74 Å². The van der Waals surface area contributed by atoms with Gasteiger partial charge in [0.15, 0.2) is 5.78 Å². The van der Waals surface area contributed by atoms with Gasteiger partial charge in [-0.2, -0.15) is 0 Å². The van der Waals surface area contributed by atoms with Crippen molar-refractivity contribution in [2.45, 2.75) is 69.4 Å². The smallest absolute Gasteiger partial charge is 0.156 e. The number of hydrogen-bond acceptors (Lipinski definition) is 3. The van der Waals surface area contributed by atoms with Crippen LogP contribution in [0, 0.1) is 5.92 Å². The lowest BCUT2D eigenvalue weighted by molar-refractivity contribution is -0.159. The number of Topliss-reactive ketones (excluding diaryl/α,β-unsaturated/α-hetero) is 1. The van der Waals surface area contributed by atoms with Gasteiger partial charge in [0.25, 0.3) is 0 Å². The average molecular weight is 251 g/mol. The van der Waals surface area contributed by atoms with Crippen LogP contribution in [0.15, 0.2) is 0 Å². The number of ketones is 1. The minimum atomic E-state index is -0.201. The minimum absolute atomic E-state index is 0.0894. The van der Waals surface area contributed by atoms with Gasteiger partial charge in [0.1, 0.15) is 0 Å². The molecule has 2 atom stereocenters. The summed E-state index contributed by atoms with van der Waals surface area (Å²) in [7, 11) is 0. The van der Waals surface area contributed by atoms with E-state index in [1.165, 1.54) is 19.3 Å². The third-order valence-corrected chi connectivity index (χ3v) is 5.45. The van der Waals surface area contributed by atoms with Gasteiger partial charge in [0.2, 0.25) is 0 Å². The summed E-state index contributed by atoms with van der Waals surface area (Å²) in [6.45, 7) is 3.94. The van der Waals surface area contributed by atoms with Crippen molar-refractivity contribution in [3.05, 3.63) is 0 Å². The maximum absolute atomic E-state index is 12.9. The van der Waals surface area contributed by atoms with Crippen LogP contribution in [0.25, 0.3) is 0 Å². The number of nitrogens with one attached hydrogen (secondary N) is 1. The molecule has 0 aromatic carbocycles. The van der Waals surface area contributed by atoms with Crippen molar-refractivity contribution in [1.82, 2.24) is 5.32 Å². The van der Waals surface area contributed by atoms with Crippen LogP contribution in [0.5, 0.6) is 0 Å². The number of rotatable bonds is 3. The minimum Gasteiger partial charge on any atom is -0.375 e. The van der Waals surface area contributed by atoms with Gasteiger partial charge in [-0.25, -0.2) is 0 Å². The van der Waals surface area contributed by atoms with Crippen LogP contribution in [0.1, 0.15) is 58.3 Å². The molecule has 2 heterocycles. The molecule has 2 aliphatic heterocycles. The standard InChI is InChI=1S/C15H25NO2/c1-2-15(8-4-9-16-15)13(17)12-5-10-18-14(11-12)6-3-7-14/h12,16H,2-11H2,1H3. The first-order valence-electron chi connectivity index (χ1n) is 7.63. The largest absolute Gasteiger partial charge is 0.375 e. The fourth-order valence-corrected chi connectivity index (χ4v) is 4.05. The molecule has 0 aromatic heterocycles. The molecular weight excluding hydrogens is 226 g/mol. The maximum Gasteiger partial charge on any atom is 0.156 e. The van der Waals surface area contributed by atoms with Crippen LogP contribution in [0.2, 0.25) is 0 Å². The number of hydrogen-bond donors (Lipinski definition) is 1. The van der Waals surface area contributed by atoms with Crippen molar-refractivity contribution >= 4 is 5.78 Å². The number of carbonyl (C=O) groups excluding carboxylic acids is 1. The SMILES string of the molecule is CCC1(C(=O)C2CCOC3(CCC3)C2)CCCN1. The molecule has 3 nitrogen and oxygen atoms in total. The van der Waals surface area contributed by atoms with E-state index in [1.54, 1.807) is 0 Å². The molecule has 2 unspecified atom stereocenters. The fraction of sp³-hybridized carbons (Fsp3) is 0.933. The van der Waals surface area contributed by atoms with E-state index in [9.17, 15) is 4.79 Å². The lowest BCUT2D eigenvalue weighted by Gasteiger charge is -2.48.